The minimum atomic E-state index is -5.07. The van der Waals surface area contributed by atoms with E-state index in [9.17, 15) is 47.2 Å². The number of halogens is 4. The van der Waals surface area contributed by atoms with Crippen molar-refractivity contribution in [2.24, 2.45) is 7.05 Å². The van der Waals surface area contributed by atoms with Crippen molar-refractivity contribution < 1.29 is 41.9 Å². The van der Waals surface area contributed by atoms with Gasteiger partial charge in [-0.3, -0.25) is 19.5 Å². The molecular weight excluding hydrogens is 510 g/mol. The van der Waals surface area contributed by atoms with Crippen LogP contribution in [0.3, 0.4) is 0 Å². The maximum absolute atomic E-state index is 14.8. The number of carboxylic acids is 1. The summed E-state index contributed by atoms with van der Waals surface area (Å²) in [7, 11) is 0.710. The molecule has 0 radical (unpaired) electrons. The minimum absolute atomic E-state index is 0.0463. The van der Waals surface area contributed by atoms with E-state index in [1.54, 1.807) is 0 Å². The van der Waals surface area contributed by atoms with Crippen molar-refractivity contribution in [3.63, 3.8) is 0 Å². The number of nitrogens with zero attached hydrogens (tertiary/aromatic N) is 3. The molecule has 0 saturated carbocycles. The second kappa shape index (κ2) is 10.1. The molecule has 0 spiro atoms. The standard InChI is InChI=1S/C22H17F4N3O8/c1-3-14(20(31)32)36-15-6-4-5-7-16(15)37-17-9-12(11(23)8-13(17)29(34)35)28-19(30)10-18(22(24,25)26)27(2)21(28)33/h4-10,14H,3H2,1-2H3,(H,31,32). The van der Waals surface area contributed by atoms with E-state index < -0.39 is 63.1 Å². The van der Waals surface area contributed by atoms with Crippen LogP contribution in [0, 0.1) is 15.9 Å². The molecule has 3 aromatic rings. The molecule has 0 bridgehead atoms. The van der Waals surface area contributed by atoms with Gasteiger partial charge in [0.2, 0.25) is 5.75 Å². The van der Waals surface area contributed by atoms with Gasteiger partial charge in [0, 0.05) is 19.2 Å². The third-order valence-electron chi connectivity index (χ3n) is 5.06. The Bertz CT molecular complexity index is 1500. The zero-order chi connectivity index (χ0) is 27.7. The fourth-order valence-corrected chi connectivity index (χ4v) is 3.26. The molecule has 0 saturated heterocycles. The number of rotatable bonds is 8. The molecule has 15 heteroatoms. The molecule has 196 valence electrons. The van der Waals surface area contributed by atoms with Gasteiger partial charge in [-0.2, -0.15) is 13.2 Å². The summed E-state index contributed by atoms with van der Waals surface area (Å²) in [5.74, 6) is -3.88. The topological polar surface area (TPSA) is 143 Å². The van der Waals surface area contributed by atoms with Crippen molar-refractivity contribution in [2.75, 3.05) is 0 Å². The van der Waals surface area contributed by atoms with E-state index in [2.05, 4.69) is 0 Å². The molecule has 0 aliphatic rings. The van der Waals surface area contributed by atoms with E-state index in [0.29, 0.717) is 19.2 Å². The third-order valence-corrected chi connectivity index (χ3v) is 5.06. The van der Waals surface area contributed by atoms with E-state index in [0.717, 1.165) is 0 Å². The van der Waals surface area contributed by atoms with E-state index in [1.807, 2.05) is 0 Å². The molecule has 37 heavy (non-hydrogen) atoms. The Morgan fingerprint density at radius 1 is 1.14 bits per heavy atom. The highest BCUT2D eigenvalue weighted by atomic mass is 19.4. The molecule has 0 fully saturated rings. The highest BCUT2D eigenvalue weighted by Gasteiger charge is 2.35. The van der Waals surface area contributed by atoms with Gasteiger partial charge in [0.1, 0.15) is 5.69 Å². The van der Waals surface area contributed by atoms with Gasteiger partial charge in [0.25, 0.3) is 5.56 Å². The summed E-state index contributed by atoms with van der Waals surface area (Å²) < 4.78 is 65.3. The first-order valence-corrected chi connectivity index (χ1v) is 10.3. The van der Waals surface area contributed by atoms with Crippen LogP contribution in [0.2, 0.25) is 0 Å². The number of hydrogen-bond donors (Lipinski definition) is 1. The van der Waals surface area contributed by atoms with Crippen LogP contribution >= 0.6 is 0 Å². The predicted octanol–water partition coefficient (Wildman–Crippen LogP) is 3.64. The Labute approximate surface area is 203 Å². The van der Waals surface area contributed by atoms with Crippen LogP contribution in [0.5, 0.6) is 17.2 Å². The van der Waals surface area contributed by atoms with Gasteiger partial charge in [-0.05, 0) is 18.6 Å². The van der Waals surface area contributed by atoms with Crippen molar-refractivity contribution in [3.8, 4) is 22.9 Å². The molecule has 1 aromatic heterocycles. The van der Waals surface area contributed by atoms with Crippen LogP contribution in [0.25, 0.3) is 5.69 Å². The first-order chi connectivity index (χ1) is 17.3. The summed E-state index contributed by atoms with van der Waals surface area (Å²) in [4.78, 5) is 46.8. The second-order valence-corrected chi connectivity index (χ2v) is 7.47. The number of ether oxygens (including phenoxy) is 2. The fraction of sp³-hybridized carbons (Fsp3) is 0.227. The van der Waals surface area contributed by atoms with E-state index >= 15 is 0 Å². The van der Waals surface area contributed by atoms with Gasteiger partial charge in [0.15, 0.2) is 23.4 Å². The number of benzene rings is 2. The van der Waals surface area contributed by atoms with Gasteiger partial charge in [-0.15, -0.1) is 0 Å². The monoisotopic (exact) mass is 527 g/mol. The zero-order valence-corrected chi connectivity index (χ0v) is 19.0. The van der Waals surface area contributed by atoms with Gasteiger partial charge in [0.05, 0.1) is 16.7 Å². The molecule has 1 heterocycles. The molecule has 0 aliphatic carbocycles. The van der Waals surface area contributed by atoms with Crippen LogP contribution in [-0.4, -0.2) is 31.2 Å². The van der Waals surface area contributed by atoms with Gasteiger partial charge in [-0.25, -0.2) is 18.5 Å². The first-order valence-electron chi connectivity index (χ1n) is 10.3. The molecule has 1 N–H and O–H groups in total. The van der Waals surface area contributed by atoms with Crippen LogP contribution in [0.4, 0.5) is 23.2 Å². The molecule has 2 aromatic carbocycles. The lowest BCUT2D eigenvalue weighted by atomic mass is 10.2. The van der Waals surface area contributed by atoms with Crippen molar-refractivity contribution in [3.05, 3.63) is 84.9 Å². The van der Waals surface area contributed by atoms with Crippen molar-refractivity contribution in [1.29, 1.82) is 0 Å². The summed E-state index contributed by atoms with van der Waals surface area (Å²) in [5, 5.41) is 20.8. The number of para-hydroxylation sites is 2. The number of hydrogen-bond acceptors (Lipinski definition) is 7. The number of alkyl halides is 3. The van der Waals surface area contributed by atoms with Gasteiger partial charge >= 0.3 is 23.5 Å². The minimum Gasteiger partial charge on any atom is -0.479 e. The number of nitro benzene ring substituents is 1. The lowest BCUT2D eigenvalue weighted by Gasteiger charge is -2.17. The first kappa shape index (κ1) is 26.9. The highest BCUT2D eigenvalue weighted by Crippen LogP contribution is 2.38. The summed E-state index contributed by atoms with van der Waals surface area (Å²) in [6.07, 6.45) is -6.33. The van der Waals surface area contributed by atoms with E-state index in [1.165, 1.54) is 31.2 Å². The van der Waals surface area contributed by atoms with Gasteiger partial charge in [-0.1, -0.05) is 19.1 Å². The Balaban J connectivity index is 2.20. The molecule has 1 unspecified atom stereocenters. The molecular formula is C22H17F4N3O8. The summed E-state index contributed by atoms with van der Waals surface area (Å²) in [6, 6.07) is 6.40. The summed E-state index contributed by atoms with van der Waals surface area (Å²) >= 11 is 0. The quantitative estimate of drug-likeness (QED) is 0.266. The maximum atomic E-state index is 14.8. The molecule has 11 nitrogen and oxygen atoms in total. The predicted molar refractivity (Wildman–Crippen MR) is 118 cm³/mol. The summed E-state index contributed by atoms with van der Waals surface area (Å²) in [5.41, 5.74) is -6.60. The van der Waals surface area contributed by atoms with Crippen molar-refractivity contribution in [1.82, 2.24) is 9.13 Å². The number of aromatic nitrogens is 2. The van der Waals surface area contributed by atoms with Crippen molar-refractivity contribution in [2.45, 2.75) is 25.6 Å². The lowest BCUT2D eigenvalue weighted by molar-refractivity contribution is -0.385. The van der Waals surface area contributed by atoms with Crippen LogP contribution in [0.1, 0.15) is 19.0 Å². The molecule has 0 amide bonds. The number of carboxylic acid groups (broad SMARTS) is 1. The van der Waals surface area contributed by atoms with Crippen LogP contribution in [-0.2, 0) is 18.0 Å². The number of aliphatic carboxylic acids is 1. The largest absolute Gasteiger partial charge is 0.479 e. The lowest BCUT2D eigenvalue weighted by Crippen LogP contribution is -2.41. The third kappa shape index (κ3) is 5.44. The maximum Gasteiger partial charge on any atom is 0.431 e. The van der Waals surface area contributed by atoms with Crippen LogP contribution < -0.4 is 20.7 Å². The fourth-order valence-electron chi connectivity index (χ4n) is 3.26. The Hall–Kier alpha value is -4.69. The normalized spacial score (nSPS) is 12.2. The Morgan fingerprint density at radius 2 is 1.76 bits per heavy atom. The number of nitro groups is 1. The molecule has 0 aliphatic heterocycles. The smallest absolute Gasteiger partial charge is 0.431 e. The molecule has 3 rings (SSSR count). The van der Waals surface area contributed by atoms with E-state index in [4.69, 9.17) is 9.47 Å². The Kier molecular flexibility index (Phi) is 7.36. The van der Waals surface area contributed by atoms with Gasteiger partial charge < -0.3 is 14.6 Å². The SMILES string of the molecule is CCC(Oc1ccccc1Oc1cc(-n2c(=O)cc(C(F)(F)F)n(C)c2=O)c(F)cc1[N+](=O)[O-])C(=O)O. The zero-order valence-electron chi connectivity index (χ0n) is 19.0. The van der Waals surface area contributed by atoms with E-state index in [-0.39, 0.29) is 33.1 Å². The molecule has 1 atom stereocenters. The average Bonchev–Trinajstić information content (AvgIpc) is 2.81. The van der Waals surface area contributed by atoms with Crippen LogP contribution in [0.15, 0.2) is 52.1 Å². The van der Waals surface area contributed by atoms with Crippen molar-refractivity contribution >= 4 is 11.7 Å². The number of carbonyl (C=O) groups is 1. The summed E-state index contributed by atoms with van der Waals surface area (Å²) in [6.45, 7) is 1.53. The average molecular weight is 527 g/mol. The Morgan fingerprint density at radius 3 is 2.30 bits per heavy atom. The highest BCUT2D eigenvalue weighted by molar-refractivity contribution is 5.72. The second-order valence-electron chi connectivity index (χ2n) is 7.47.